The van der Waals surface area contributed by atoms with Crippen molar-refractivity contribution in [2.24, 2.45) is 0 Å². The molecular weight excluding hydrogens is 400 g/mol. The van der Waals surface area contributed by atoms with Crippen LogP contribution in [0.4, 0.5) is 5.69 Å². The Balaban J connectivity index is 1.42. The first-order valence-electron chi connectivity index (χ1n) is 11.0. The molecule has 0 bridgehead atoms. The molecule has 1 aliphatic rings. The smallest absolute Gasteiger partial charge is 0.265 e. The number of amides is 2. The molecule has 5 heteroatoms. The van der Waals surface area contributed by atoms with Crippen LogP contribution in [0.1, 0.15) is 40.4 Å². The van der Waals surface area contributed by atoms with Gasteiger partial charge in [0.15, 0.2) is 6.61 Å². The average Bonchev–Trinajstić information content (AvgIpc) is 2.80. The summed E-state index contributed by atoms with van der Waals surface area (Å²) in [7, 11) is 0. The highest BCUT2D eigenvalue weighted by Crippen LogP contribution is 2.33. The number of carbonyl (C=O) groups excluding carboxylic acids is 2. The molecule has 0 fully saturated rings. The van der Waals surface area contributed by atoms with E-state index >= 15 is 0 Å². The van der Waals surface area contributed by atoms with E-state index < -0.39 is 0 Å². The van der Waals surface area contributed by atoms with E-state index in [0.717, 1.165) is 29.7 Å². The van der Waals surface area contributed by atoms with Gasteiger partial charge in [-0.25, -0.2) is 0 Å². The topological polar surface area (TPSA) is 58.6 Å². The molecule has 0 radical (unpaired) electrons. The molecule has 1 N–H and O–H groups in total. The molecule has 164 valence electrons. The van der Waals surface area contributed by atoms with Gasteiger partial charge in [0.2, 0.25) is 0 Å². The van der Waals surface area contributed by atoms with Gasteiger partial charge in [-0.3, -0.25) is 9.59 Å². The van der Waals surface area contributed by atoms with E-state index in [1.54, 1.807) is 4.90 Å². The molecule has 2 amide bonds. The van der Waals surface area contributed by atoms with Crippen molar-refractivity contribution in [3.63, 3.8) is 0 Å². The van der Waals surface area contributed by atoms with Gasteiger partial charge >= 0.3 is 0 Å². The number of aryl methyl sites for hydroxylation is 2. The molecule has 1 heterocycles. The van der Waals surface area contributed by atoms with Gasteiger partial charge in [-0.05, 0) is 67.6 Å². The number of fused-ring (bicyclic) bond motifs is 1. The summed E-state index contributed by atoms with van der Waals surface area (Å²) in [6.45, 7) is 4.43. The average molecular weight is 429 g/mol. The molecule has 4 rings (SSSR count). The van der Waals surface area contributed by atoms with E-state index in [4.69, 9.17) is 4.74 Å². The van der Waals surface area contributed by atoms with E-state index in [9.17, 15) is 9.59 Å². The maximum absolute atomic E-state index is 12.8. The Labute approximate surface area is 189 Å². The monoisotopic (exact) mass is 428 g/mol. The van der Waals surface area contributed by atoms with Gasteiger partial charge in [0, 0.05) is 11.6 Å². The fourth-order valence-electron chi connectivity index (χ4n) is 3.89. The predicted octanol–water partition coefficient (Wildman–Crippen LogP) is 4.67. The van der Waals surface area contributed by atoms with Gasteiger partial charge in [-0.2, -0.15) is 0 Å². The first-order valence-corrected chi connectivity index (χ1v) is 11.0. The van der Waals surface area contributed by atoms with Crippen LogP contribution >= 0.6 is 0 Å². The number of rotatable bonds is 7. The summed E-state index contributed by atoms with van der Waals surface area (Å²) in [6.07, 6.45) is 1.79. The Hall–Kier alpha value is -3.60. The van der Waals surface area contributed by atoms with E-state index in [1.165, 1.54) is 5.56 Å². The predicted molar refractivity (Wildman–Crippen MR) is 126 cm³/mol. The van der Waals surface area contributed by atoms with Crippen molar-refractivity contribution < 1.29 is 14.3 Å². The first kappa shape index (κ1) is 21.6. The quantitative estimate of drug-likeness (QED) is 0.595. The zero-order valence-corrected chi connectivity index (χ0v) is 18.5. The van der Waals surface area contributed by atoms with Crippen LogP contribution in [0.25, 0.3) is 0 Å². The molecule has 32 heavy (non-hydrogen) atoms. The number of anilines is 1. The number of hydrogen-bond acceptors (Lipinski definition) is 3. The van der Waals surface area contributed by atoms with Crippen molar-refractivity contribution in [2.75, 3.05) is 11.5 Å². The van der Waals surface area contributed by atoms with Crippen molar-refractivity contribution >= 4 is 17.5 Å². The summed E-state index contributed by atoms with van der Waals surface area (Å²) < 4.78 is 5.56. The minimum absolute atomic E-state index is 0.0230. The highest BCUT2D eigenvalue weighted by atomic mass is 16.5. The van der Waals surface area contributed by atoms with Gasteiger partial charge in [0.25, 0.3) is 11.8 Å². The number of carbonyl (C=O) groups is 2. The molecule has 0 aromatic heterocycles. The second-order valence-corrected chi connectivity index (χ2v) is 8.34. The van der Waals surface area contributed by atoms with E-state index in [-0.39, 0.29) is 24.5 Å². The normalized spacial score (nSPS) is 13.8. The van der Waals surface area contributed by atoms with Gasteiger partial charge in [-0.15, -0.1) is 0 Å². The maximum atomic E-state index is 12.8. The van der Waals surface area contributed by atoms with Crippen LogP contribution in [0.15, 0.2) is 72.8 Å². The summed E-state index contributed by atoms with van der Waals surface area (Å²) in [5.74, 6) is 0.515. The molecular formula is C27H28N2O3. The third-order valence-electron chi connectivity index (χ3n) is 5.67. The summed E-state index contributed by atoms with van der Waals surface area (Å²) in [5, 5.41) is 3.09. The number of hydrogen-bond donors (Lipinski definition) is 1. The summed E-state index contributed by atoms with van der Waals surface area (Å²) >= 11 is 0. The highest BCUT2D eigenvalue weighted by Gasteiger charge is 2.26. The molecule has 0 saturated carbocycles. The third-order valence-corrected chi connectivity index (χ3v) is 5.67. The van der Waals surface area contributed by atoms with Crippen LogP contribution in [0.2, 0.25) is 0 Å². The number of ether oxygens (including phenoxy) is 1. The molecule has 0 aliphatic carbocycles. The van der Waals surface area contributed by atoms with Crippen molar-refractivity contribution in [2.45, 2.75) is 39.3 Å². The molecule has 1 atom stereocenters. The molecule has 0 spiro atoms. The first-order chi connectivity index (χ1) is 15.5. The van der Waals surface area contributed by atoms with E-state index in [2.05, 4.69) is 17.4 Å². The Bertz CT molecular complexity index is 1110. The summed E-state index contributed by atoms with van der Waals surface area (Å²) in [6, 6.07) is 23.6. The van der Waals surface area contributed by atoms with Crippen LogP contribution < -0.4 is 15.0 Å². The number of nitrogens with zero attached hydrogens (tertiary/aromatic N) is 1. The molecule has 1 unspecified atom stereocenters. The van der Waals surface area contributed by atoms with Crippen LogP contribution in [-0.4, -0.2) is 24.5 Å². The molecule has 5 nitrogen and oxygen atoms in total. The molecule has 1 aliphatic heterocycles. The van der Waals surface area contributed by atoms with Crippen LogP contribution in [-0.2, 0) is 17.8 Å². The minimum atomic E-state index is -0.100. The van der Waals surface area contributed by atoms with Crippen molar-refractivity contribution in [3.8, 4) is 5.75 Å². The second kappa shape index (κ2) is 9.69. The highest BCUT2D eigenvalue weighted by molar-refractivity contribution is 5.98. The van der Waals surface area contributed by atoms with Gasteiger partial charge in [0.1, 0.15) is 5.75 Å². The van der Waals surface area contributed by atoms with Crippen LogP contribution in [0.5, 0.6) is 5.75 Å². The minimum Gasteiger partial charge on any atom is -0.482 e. The maximum Gasteiger partial charge on any atom is 0.265 e. The Morgan fingerprint density at radius 3 is 2.62 bits per heavy atom. The third kappa shape index (κ3) is 5.17. The lowest BCUT2D eigenvalue weighted by Gasteiger charge is -2.30. The Morgan fingerprint density at radius 2 is 1.81 bits per heavy atom. The Kier molecular flexibility index (Phi) is 6.55. The lowest BCUT2D eigenvalue weighted by molar-refractivity contribution is -0.121. The van der Waals surface area contributed by atoms with Crippen molar-refractivity contribution in [1.82, 2.24) is 5.32 Å². The Morgan fingerprint density at radius 1 is 1.03 bits per heavy atom. The second-order valence-electron chi connectivity index (χ2n) is 8.34. The van der Waals surface area contributed by atoms with Crippen molar-refractivity contribution in [1.29, 1.82) is 0 Å². The van der Waals surface area contributed by atoms with Gasteiger partial charge in [-0.1, -0.05) is 48.5 Å². The number of nitrogens with one attached hydrogen (secondary N) is 1. The SMILES string of the molecule is Cc1ccc2c(c1)N(Cc1cccc(C(=O)NC(C)CCc3ccccc3)c1)C(=O)CO2. The molecule has 3 aromatic carbocycles. The standard InChI is InChI=1S/C27H28N2O3/c1-19-11-14-25-24(15-19)29(26(30)18-32-25)17-22-9-6-10-23(16-22)27(31)28-20(2)12-13-21-7-4-3-5-8-21/h3-11,14-16,20H,12-13,17-18H2,1-2H3,(H,28,31). The van der Waals surface area contributed by atoms with E-state index in [0.29, 0.717) is 17.9 Å². The van der Waals surface area contributed by atoms with Crippen LogP contribution in [0, 0.1) is 6.92 Å². The molecule has 3 aromatic rings. The zero-order valence-electron chi connectivity index (χ0n) is 18.5. The lowest BCUT2D eigenvalue weighted by atomic mass is 10.1. The summed E-state index contributed by atoms with van der Waals surface area (Å²) in [4.78, 5) is 27.1. The fourth-order valence-corrected chi connectivity index (χ4v) is 3.89. The summed E-state index contributed by atoms with van der Waals surface area (Å²) in [5.41, 5.74) is 4.59. The fraction of sp³-hybridized carbons (Fsp3) is 0.259. The van der Waals surface area contributed by atoms with Gasteiger partial charge < -0.3 is 15.0 Å². The molecule has 0 saturated heterocycles. The zero-order chi connectivity index (χ0) is 22.5. The lowest BCUT2D eigenvalue weighted by Crippen LogP contribution is -2.38. The number of benzene rings is 3. The largest absolute Gasteiger partial charge is 0.482 e. The van der Waals surface area contributed by atoms with Crippen molar-refractivity contribution in [3.05, 3.63) is 95.1 Å². The van der Waals surface area contributed by atoms with Crippen LogP contribution in [0.3, 0.4) is 0 Å². The van der Waals surface area contributed by atoms with E-state index in [1.807, 2.05) is 74.5 Å². The van der Waals surface area contributed by atoms with Gasteiger partial charge in [0.05, 0.1) is 12.2 Å².